The van der Waals surface area contributed by atoms with Crippen molar-refractivity contribution >= 4 is 17.7 Å². The van der Waals surface area contributed by atoms with Gasteiger partial charge in [0.1, 0.15) is 0 Å². The molecule has 11 heteroatoms. The van der Waals surface area contributed by atoms with E-state index < -0.39 is 54.8 Å². The lowest BCUT2D eigenvalue weighted by Gasteiger charge is -2.19. The minimum atomic E-state index is -4.79. The normalized spacial score (nSPS) is 21.3. The summed E-state index contributed by atoms with van der Waals surface area (Å²) in [5.74, 6) is -5.67. The number of carbonyl (C=O) groups excluding carboxylic acids is 1. The van der Waals surface area contributed by atoms with E-state index in [9.17, 15) is 35.9 Å². The highest BCUT2D eigenvalue weighted by atomic mass is 19.4. The van der Waals surface area contributed by atoms with E-state index in [1.54, 1.807) is 0 Å². The standard InChI is InChI=1S/C14H12F6N2O3/c15-13(16,17)7-1-3-8(4-2-7)21-12(25)22-5-9(11(23)24)10(6-22)14(18,19)20/h1-4,9-10H,5-6H2,(H,21,25)(H,23,24)/t9-,10-/m1/s1. The Kier molecular flexibility index (Phi) is 4.87. The van der Waals surface area contributed by atoms with Crippen LogP contribution in [0.3, 0.4) is 0 Å². The molecule has 1 saturated heterocycles. The number of carboxylic acid groups (broad SMARTS) is 1. The Hall–Kier alpha value is -2.46. The fourth-order valence-electron chi connectivity index (χ4n) is 2.50. The molecule has 1 heterocycles. The molecule has 1 aromatic carbocycles. The Bertz CT molecular complexity index is 656. The Morgan fingerprint density at radius 1 is 1.04 bits per heavy atom. The predicted molar refractivity (Wildman–Crippen MR) is 72.7 cm³/mol. The number of nitrogens with zero attached hydrogens (tertiary/aromatic N) is 1. The van der Waals surface area contributed by atoms with Crippen LogP contribution in [-0.4, -0.2) is 41.3 Å². The highest BCUT2D eigenvalue weighted by Crippen LogP contribution is 2.38. The molecule has 0 aromatic heterocycles. The summed E-state index contributed by atoms with van der Waals surface area (Å²) in [6.45, 7) is -1.49. The van der Waals surface area contributed by atoms with E-state index in [2.05, 4.69) is 5.32 Å². The molecular weight excluding hydrogens is 358 g/mol. The summed E-state index contributed by atoms with van der Waals surface area (Å²) >= 11 is 0. The second-order valence-corrected chi connectivity index (χ2v) is 5.50. The summed E-state index contributed by atoms with van der Waals surface area (Å²) in [7, 11) is 0. The molecule has 0 radical (unpaired) electrons. The highest BCUT2D eigenvalue weighted by Gasteiger charge is 2.53. The predicted octanol–water partition coefficient (Wildman–Crippen LogP) is 3.43. The zero-order valence-electron chi connectivity index (χ0n) is 12.4. The number of rotatable bonds is 2. The molecule has 0 aliphatic carbocycles. The van der Waals surface area contributed by atoms with Crippen molar-refractivity contribution < 1.29 is 41.0 Å². The van der Waals surface area contributed by atoms with Gasteiger partial charge in [0.15, 0.2) is 0 Å². The van der Waals surface area contributed by atoms with Crippen molar-refractivity contribution in [1.82, 2.24) is 4.90 Å². The van der Waals surface area contributed by atoms with Gasteiger partial charge in [0.25, 0.3) is 0 Å². The van der Waals surface area contributed by atoms with E-state index >= 15 is 0 Å². The number of carbonyl (C=O) groups is 2. The van der Waals surface area contributed by atoms with Gasteiger partial charge in [-0.25, -0.2) is 4.79 Å². The molecule has 2 rings (SSSR count). The van der Waals surface area contributed by atoms with Crippen molar-refractivity contribution in [1.29, 1.82) is 0 Å². The van der Waals surface area contributed by atoms with Crippen LogP contribution in [0.1, 0.15) is 5.56 Å². The zero-order valence-corrected chi connectivity index (χ0v) is 12.4. The zero-order chi connectivity index (χ0) is 19.0. The van der Waals surface area contributed by atoms with Crippen LogP contribution in [0.2, 0.25) is 0 Å². The van der Waals surface area contributed by atoms with Crippen LogP contribution >= 0.6 is 0 Å². The van der Waals surface area contributed by atoms with E-state index in [4.69, 9.17) is 5.11 Å². The molecule has 1 aliphatic rings. The van der Waals surface area contributed by atoms with Gasteiger partial charge in [0, 0.05) is 18.8 Å². The van der Waals surface area contributed by atoms with Crippen molar-refractivity contribution in [3.8, 4) is 0 Å². The van der Waals surface area contributed by atoms with Gasteiger partial charge in [-0.2, -0.15) is 26.3 Å². The van der Waals surface area contributed by atoms with Gasteiger partial charge in [0.05, 0.1) is 17.4 Å². The van der Waals surface area contributed by atoms with Crippen LogP contribution in [0.25, 0.3) is 0 Å². The average molecular weight is 370 g/mol. The number of likely N-dealkylation sites (tertiary alicyclic amines) is 1. The number of amides is 2. The third-order valence-corrected chi connectivity index (χ3v) is 3.81. The third kappa shape index (κ3) is 4.34. The SMILES string of the molecule is O=C(O)[C@@H]1CN(C(=O)Nc2ccc(C(F)(F)F)cc2)C[C@H]1C(F)(F)F. The van der Waals surface area contributed by atoms with E-state index in [0.29, 0.717) is 17.0 Å². The molecule has 0 bridgehead atoms. The fourth-order valence-corrected chi connectivity index (χ4v) is 2.50. The number of hydrogen-bond acceptors (Lipinski definition) is 2. The largest absolute Gasteiger partial charge is 0.481 e. The molecule has 0 saturated carbocycles. The molecule has 0 unspecified atom stereocenters. The molecule has 1 fully saturated rings. The van der Waals surface area contributed by atoms with Crippen molar-refractivity contribution in [2.45, 2.75) is 12.4 Å². The maximum absolute atomic E-state index is 12.9. The summed E-state index contributed by atoms with van der Waals surface area (Å²) in [6, 6.07) is 2.30. The number of nitrogens with one attached hydrogen (secondary N) is 1. The van der Waals surface area contributed by atoms with Gasteiger partial charge < -0.3 is 15.3 Å². The Morgan fingerprint density at radius 3 is 2.00 bits per heavy atom. The number of carboxylic acids is 1. The second-order valence-electron chi connectivity index (χ2n) is 5.50. The van der Waals surface area contributed by atoms with Gasteiger partial charge in [-0.05, 0) is 24.3 Å². The lowest BCUT2D eigenvalue weighted by atomic mass is 9.96. The number of urea groups is 1. The van der Waals surface area contributed by atoms with Crippen LogP contribution in [0.15, 0.2) is 24.3 Å². The average Bonchev–Trinajstić information content (AvgIpc) is 2.92. The maximum Gasteiger partial charge on any atom is 0.416 e. The van der Waals surface area contributed by atoms with Crippen LogP contribution in [-0.2, 0) is 11.0 Å². The second kappa shape index (κ2) is 6.45. The number of hydrogen-bond donors (Lipinski definition) is 2. The molecule has 1 aromatic rings. The first kappa shape index (κ1) is 18.9. The van der Waals surface area contributed by atoms with E-state index in [1.807, 2.05) is 0 Å². The molecular formula is C14H12F6N2O3. The Morgan fingerprint density at radius 2 is 1.60 bits per heavy atom. The van der Waals surface area contributed by atoms with E-state index in [1.165, 1.54) is 0 Å². The molecule has 138 valence electrons. The lowest BCUT2D eigenvalue weighted by Crippen LogP contribution is -2.35. The van der Waals surface area contributed by atoms with Crippen molar-refractivity contribution in [2.24, 2.45) is 11.8 Å². The Balaban J connectivity index is 2.07. The quantitative estimate of drug-likeness (QED) is 0.784. The van der Waals surface area contributed by atoms with Gasteiger partial charge in [-0.3, -0.25) is 4.79 Å². The third-order valence-electron chi connectivity index (χ3n) is 3.81. The molecule has 5 nitrogen and oxygen atoms in total. The minimum Gasteiger partial charge on any atom is -0.481 e. The number of benzene rings is 1. The summed E-state index contributed by atoms with van der Waals surface area (Å²) in [5.41, 5.74) is -1.00. The van der Waals surface area contributed by atoms with Crippen molar-refractivity contribution in [3.05, 3.63) is 29.8 Å². The molecule has 25 heavy (non-hydrogen) atoms. The van der Waals surface area contributed by atoms with Gasteiger partial charge >= 0.3 is 24.4 Å². The first-order chi connectivity index (χ1) is 11.4. The summed E-state index contributed by atoms with van der Waals surface area (Å²) in [6.07, 6.45) is -9.35. The monoisotopic (exact) mass is 370 g/mol. The van der Waals surface area contributed by atoms with Crippen molar-refractivity contribution in [3.63, 3.8) is 0 Å². The highest BCUT2D eigenvalue weighted by molar-refractivity contribution is 5.90. The van der Waals surface area contributed by atoms with Crippen LogP contribution in [0, 0.1) is 11.8 Å². The van der Waals surface area contributed by atoms with E-state index in [0.717, 1.165) is 12.1 Å². The first-order valence-electron chi connectivity index (χ1n) is 6.92. The minimum absolute atomic E-state index is 0.0552. The smallest absolute Gasteiger partial charge is 0.416 e. The van der Waals surface area contributed by atoms with Gasteiger partial charge in [-0.15, -0.1) is 0 Å². The van der Waals surface area contributed by atoms with Crippen LogP contribution in [0.5, 0.6) is 0 Å². The molecule has 1 aliphatic heterocycles. The summed E-state index contributed by atoms with van der Waals surface area (Å²) in [4.78, 5) is 23.6. The maximum atomic E-state index is 12.9. The number of anilines is 1. The molecule has 2 amide bonds. The first-order valence-corrected chi connectivity index (χ1v) is 6.92. The topological polar surface area (TPSA) is 69.6 Å². The van der Waals surface area contributed by atoms with Gasteiger partial charge in [-0.1, -0.05) is 0 Å². The number of aliphatic carboxylic acids is 1. The number of halogens is 6. The number of alkyl halides is 6. The summed E-state index contributed by atoms with van der Waals surface area (Å²) < 4.78 is 75.9. The van der Waals surface area contributed by atoms with Crippen molar-refractivity contribution in [2.75, 3.05) is 18.4 Å². The van der Waals surface area contributed by atoms with Crippen LogP contribution < -0.4 is 5.32 Å². The lowest BCUT2D eigenvalue weighted by molar-refractivity contribution is -0.187. The fraction of sp³-hybridized carbons (Fsp3) is 0.429. The Labute approximate surface area is 137 Å². The van der Waals surface area contributed by atoms with E-state index in [-0.39, 0.29) is 5.69 Å². The summed E-state index contributed by atoms with van der Waals surface area (Å²) in [5, 5.41) is 11.0. The molecule has 2 N–H and O–H groups in total. The molecule has 0 spiro atoms. The van der Waals surface area contributed by atoms with Crippen LogP contribution in [0.4, 0.5) is 36.8 Å². The molecule has 2 atom stereocenters. The van der Waals surface area contributed by atoms with Gasteiger partial charge in [0.2, 0.25) is 0 Å².